The van der Waals surface area contributed by atoms with E-state index in [4.69, 9.17) is 4.74 Å². The number of anilines is 1. The van der Waals surface area contributed by atoms with Gasteiger partial charge in [0.25, 0.3) is 11.5 Å². The lowest BCUT2D eigenvalue weighted by Gasteiger charge is -2.12. The zero-order valence-electron chi connectivity index (χ0n) is 12.8. The van der Waals surface area contributed by atoms with Crippen molar-refractivity contribution in [3.63, 3.8) is 0 Å². The molecule has 1 aliphatic rings. The number of benzene rings is 1. The van der Waals surface area contributed by atoms with Crippen molar-refractivity contribution in [1.82, 2.24) is 9.55 Å². The number of hydrogen-bond donors (Lipinski definition) is 2. The van der Waals surface area contributed by atoms with Gasteiger partial charge in [0.2, 0.25) is 0 Å². The lowest BCUT2D eigenvalue weighted by atomic mass is 10.2. The molecule has 8 heteroatoms. The highest BCUT2D eigenvalue weighted by atomic mass is 79.9. The van der Waals surface area contributed by atoms with E-state index in [0.29, 0.717) is 12.3 Å². The molecule has 1 saturated heterocycles. The van der Waals surface area contributed by atoms with Crippen molar-refractivity contribution < 1.29 is 9.53 Å². The maximum absolute atomic E-state index is 12.5. The number of H-pyrrole nitrogens is 1. The highest BCUT2D eigenvalue weighted by Crippen LogP contribution is 2.16. The number of halogens is 1. The summed E-state index contributed by atoms with van der Waals surface area (Å²) in [6, 6.07) is 7.01. The van der Waals surface area contributed by atoms with E-state index < -0.39 is 17.2 Å². The summed E-state index contributed by atoms with van der Waals surface area (Å²) in [6.45, 7) is 0.770. The normalized spacial score (nSPS) is 17.0. The van der Waals surface area contributed by atoms with Crippen LogP contribution in [0.3, 0.4) is 0 Å². The molecule has 2 heterocycles. The summed E-state index contributed by atoms with van der Waals surface area (Å²) >= 11 is 3.31. The summed E-state index contributed by atoms with van der Waals surface area (Å²) in [6.07, 6.45) is 2.66. The van der Waals surface area contributed by atoms with Gasteiger partial charge in [-0.1, -0.05) is 22.0 Å². The van der Waals surface area contributed by atoms with Crippen molar-refractivity contribution in [2.75, 3.05) is 11.9 Å². The fourth-order valence-corrected chi connectivity index (χ4v) is 3.00. The van der Waals surface area contributed by atoms with Crippen molar-refractivity contribution in [2.24, 2.45) is 0 Å². The monoisotopic (exact) mass is 393 g/mol. The van der Waals surface area contributed by atoms with Crippen LogP contribution in [0.4, 0.5) is 5.69 Å². The Balaban J connectivity index is 1.86. The molecule has 1 fully saturated rings. The third-order valence-electron chi connectivity index (χ3n) is 3.80. The van der Waals surface area contributed by atoms with Crippen molar-refractivity contribution in [3.05, 3.63) is 61.3 Å². The number of hydrogen-bond acceptors (Lipinski definition) is 4. The van der Waals surface area contributed by atoms with E-state index in [2.05, 4.69) is 26.2 Å². The fourth-order valence-electron chi connectivity index (χ4n) is 2.60. The molecular formula is C16H16BrN3O4. The Morgan fingerprint density at radius 2 is 2.25 bits per heavy atom. The van der Waals surface area contributed by atoms with Gasteiger partial charge in [-0.3, -0.25) is 14.2 Å². The SMILES string of the molecule is O=C(Nc1cccc(Br)c1)c1c[nH]c(=O)n(CC2CCCO2)c1=O. The van der Waals surface area contributed by atoms with Gasteiger partial charge in [0.15, 0.2) is 0 Å². The number of aromatic nitrogens is 2. The van der Waals surface area contributed by atoms with E-state index in [9.17, 15) is 14.4 Å². The fraction of sp³-hybridized carbons (Fsp3) is 0.312. The quantitative estimate of drug-likeness (QED) is 0.826. The van der Waals surface area contributed by atoms with Crippen LogP contribution in [0.1, 0.15) is 23.2 Å². The second-order valence-electron chi connectivity index (χ2n) is 5.52. The molecule has 1 aromatic carbocycles. The van der Waals surface area contributed by atoms with Crippen LogP contribution >= 0.6 is 15.9 Å². The Bertz CT molecular complexity index is 868. The minimum atomic E-state index is -0.623. The maximum Gasteiger partial charge on any atom is 0.328 e. The van der Waals surface area contributed by atoms with E-state index in [1.807, 2.05) is 6.07 Å². The molecule has 0 radical (unpaired) electrons. The second-order valence-corrected chi connectivity index (χ2v) is 6.44. The average molecular weight is 394 g/mol. The molecular weight excluding hydrogens is 378 g/mol. The molecule has 2 aromatic rings. The zero-order valence-corrected chi connectivity index (χ0v) is 14.3. The Hall–Kier alpha value is -2.19. The molecule has 7 nitrogen and oxygen atoms in total. The molecule has 126 valence electrons. The van der Waals surface area contributed by atoms with Gasteiger partial charge in [-0.15, -0.1) is 0 Å². The molecule has 24 heavy (non-hydrogen) atoms. The number of rotatable bonds is 4. The predicted molar refractivity (Wildman–Crippen MR) is 92.4 cm³/mol. The van der Waals surface area contributed by atoms with Gasteiger partial charge < -0.3 is 15.0 Å². The predicted octanol–water partition coefficient (Wildman–Crippen LogP) is 1.73. The molecule has 1 aliphatic heterocycles. The van der Waals surface area contributed by atoms with Crippen molar-refractivity contribution in [1.29, 1.82) is 0 Å². The van der Waals surface area contributed by atoms with E-state index in [1.165, 1.54) is 0 Å². The zero-order chi connectivity index (χ0) is 17.1. The van der Waals surface area contributed by atoms with E-state index in [-0.39, 0.29) is 18.2 Å². The van der Waals surface area contributed by atoms with Crippen molar-refractivity contribution in [2.45, 2.75) is 25.5 Å². The van der Waals surface area contributed by atoms with Crippen LogP contribution in [0.5, 0.6) is 0 Å². The molecule has 1 amide bonds. The van der Waals surface area contributed by atoms with Crippen LogP contribution in [0, 0.1) is 0 Å². The molecule has 2 N–H and O–H groups in total. The van der Waals surface area contributed by atoms with Gasteiger partial charge >= 0.3 is 5.69 Å². The van der Waals surface area contributed by atoms with Crippen LogP contribution < -0.4 is 16.6 Å². The van der Waals surface area contributed by atoms with E-state index in [1.54, 1.807) is 18.2 Å². The number of ether oxygens (including phenoxy) is 1. The van der Waals surface area contributed by atoms with Gasteiger partial charge in [-0.25, -0.2) is 4.79 Å². The van der Waals surface area contributed by atoms with Gasteiger partial charge in [-0.05, 0) is 31.0 Å². The average Bonchev–Trinajstić information content (AvgIpc) is 3.04. The van der Waals surface area contributed by atoms with Crippen LogP contribution in [-0.4, -0.2) is 28.2 Å². The molecule has 0 spiro atoms. The van der Waals surface area contributed by atoms with Gasteiger partial charge in [-0.2, -0.15) is 0 Å². The number of aromatic amines is 1. The first kappa shape index (κ1) is 16.7. The first-order valence-corrected chi connectivity index (χ1v) is 8.35. The lowest BCUT2D eigenvalue weighted by molar-refractivity contribution is 0.0941. The number of nitrogens with one attached hydrogen (secondary N) is 2. The van der Waals surface area contributed by atoms with Crippen LogP contribution in [0.15, 0.2) is 44.5 Å². The topological polar surface area (TPSA) is 93.2 Å². The number of nitrogens with zero attached hydrogens (tertiary/aromatic N) is 1. The Morgan fingerprint density at radius 3 is 2.96 bits per heavy atom. The van der Waals surface area contributed by atoms with Gasteiger partial charge in [0.05, 0.1) is 12.6 Å². The van der Waals surface area contributed by atoms with E-state index in [0.717, 1.165) is 28.1 Å². The molecule has 1 unspecified atom stereocenters. The van der Waals surface area contributed by atoms with E-state index >= 15 is 0 Å². The number of carbonyl (C=O) groups is 1. The van der Waals surface area contributed by atoms with Gasteiger partial charge in [0.1, 0.15) is 5.56 Å². The Kier molecular flexibility index (Phi) is 4.96. The summed E-state index contributed by atoms with van der Waals surface area (Å²) < 4.78 is 7.28. The minimum Gasteiger partial charge on any atom is -0.376 e. The maximum atomic E-state index is 12.5. The second kappa shape index (κ2) is 7.14. The van der Waals surface area contributed by atoms with Crippen LogP contribution in [-0.2, 0) is 11.3 Å². The molecule has 0 bridgehead atoms. The Labute approximate surface area is 145 Å². The Morgan fingerprint density at radius 1 is 1.42 bits per heavy atom. The number of carbonyl (C=O) groups excluding carboxylic acids is 1. The lowest BCUT2D eigenvalue weighted by Crippen LogP contribution is -2.41. The van der Waals surface area contributed by atoms with Gasteiger partial charge in [0, 0.05) is 23.0 Å². The summed E-state index contributed by atoms with van der Waals surface area (Å²) in [5.74, 6) is -0.574. The molecule has 1 atom stereocenters. The summed E-state index contributed by atoms with van der Waals surface area (Å²) in [5, 5.41) is 2.64. The molecule has 0 saturated carbocycles. The first-order valence-electron chi connectivity index (χ1n) is 7.55. The van der Waals surface area contributed by atoms with Crippen LogP contribution in [0.25, 0.3) is 0 Å². The minimum absolute atomic E-state index is 0.118. The third-order valence-corrected chi connectivity index (χ3v) is 4.29. The number of amides is 1. The standard InChI is InChI=1S/C16H16BrN3O4/c17-10-3-1-4-11(7-10)19-14(21)13-8-18-16(23)20(15(13)22)9-12-5-2-6-24-12/h1,3-4,7-8,12H,2,5-6,9H2,(H,18,23)(H,19,21). The highest BCUT2D eigenvalue weighted by Gasteiger charge is 2.20. The first-order chi connectivity index (χ1) is 11.5. The van der Waals surface area contributed by atoms with Crippen molar-refractivity contribution in [3.8, 4) is 0 Å². The third kappa shape index (κ3) is 3.65. The molecule has 1 aromatic heterocycles. The largest absolute Gasteiger partial charge is 0.376 e. The molecule has 0 aliphatic carbocycles. The molecule has 3 rings (SSSR count). The summed E-state index contributed by atoms with van der Waals surface area (Å²) in [4.78, 5) is 39.2. The summed E-state index contributed by atoms with van der Waals surface area (Å²) in [5.41, 5.74) is -0.741. The highest BCUT2D eigenvalue weighted by molar-refractivity contribution is 9.10. The van der Waals surface area contributed by atoms with Crippen LogP contribution in [0.2, 0.25) is 0 Å². The van der Waals surface area contributed by atoms with Crippen molar-refractivity contribution >= 4 is 27.5 Å². The summed E-state index contributed by atoms with van der Waals surface area (Å²) in [7, 11) is 0. The smallest absolute Gasteiger partial charge is 0.328 e.